The predicted molar refractivity (Wildman–Crippen MR) is 86.4 cm³/mol. The molecule has 5 heteroatoms. The number of carbonyl (C=O) groups excluding carboxylic acids is 1. The Morgan fingerprint density at radius 2 is 2.05 bits per heavy atom. The number of hydrogen-bond acceptors (Lipinski definition) is 3. The molecule has 2 N–H and O–H groups in total. The van der Waals surface area contributed by atoms with E-state index in [9.17, 15) is 9.18 Å². The van der Waals surface area contributed by atoms with Gasteiger partial charge in [0.1, 0.15) is 11.4 Å². The van der Waals surface area contributed by atoms with Crippen molar-refractivity contribution in [2.75, 3.05) is 13.1 Å². The van der Waals surface area contributed by atoms with Gasteiger partial charge >= 0.3 is 6.09 Å². The molecule has 1 aromatic carbocycles. The van der Waals surface area contributed by atoms with Gasteiger partial charge in [0.15, 0.2) is 0 Å². The van der Waals surface area contributed by atoms with Gasteiger partial charge in [0.2, 0.25) is 0 Å². The molecule has 1 unspecified atom stereocenters. The Morgan fingerprint density at radius 1 is 1.32 bits per heavy atom. The van der Waals surface area contributed by atoms with E-state index >= 15 is 0 Å². The zero-order valence-electron chi connectivity index (χ0n) is 13.9. The van der Waals surface area contributed by atoms with Gasteiger partial charge in [0.05, 0.1) is 0 Å². The van der Waals surface area contributed by atoms with Crippen LogP contribution in [0.15, 0.2) is 24.3 Å². The van der Waals surface area contributed by atoms with Crippen LogP contribution in [0.1, 0.15) is 39.7 Å². The summed E-state index contributed by atoms with van der Waals surface area (Å²) >= 11 is 0. The molecule has 1 atom stereocenters. The minimum absolute atomic E-state index is 0.203. The standard InChI is InChI=1S/C17H27FN2O2/c1-13(11-14-7-5-8-15(18)12-14)19-9-6-10-20-16(21)22-17(2,3)4/h5,7-8,12-13,19H,6,9-11H2,1-4H3,(H,20,21). The summed E-state index contributed by atoms with van der Waals surface area (Å²) < 4.78 is 18.2. The van der Waals surface area contributed by atoms with Crippen LogP contribution in [-0.2, 0) is 11.2 Å². The molecule has 0 bridgehead atoms. The highest BCUT2D eigenvalue weighted by Crippen LogP contribution is 2.07. The molecular weight excluding hydrogens is 283 g/mol. The Bertz CT molecular complexity index is 472. The molecule has 0 aromatic heterocycles. The topological polar surface area (TPSA) is 50.4 Å². The van der Waals surface area contributed by atoms with Crippen LogP contribution in [0.3, 0.4) is 0 Å². The molecule has 1 amide bonds. The van der Waals surface area contributed by atoms with Crippen LogP contribution in [0.2, 0.25) is 0 Å². The molecule has 0 aliphatic carbocycles. The Morgan fingerprint density at radius 3 is 2.68 bits per heavy atom. The van der Waals surface area contributed by atoms with E-state index in [0.717, 1.165) is 24.9 Å². The molecule has 0 saturated carbocycles. The lowest BCUT2D eigenvalue weighted by Gasteiger charge is -2.19. The number of benzene rings is 1. The Hall–Kier alpha value is -1.62. The molecule has 0 aliphatic rings. The van der Waals surface area contributed by atoms with Gasteiger partial charge in [-0.25, -0.2) is 9.18 Å². The smallest absolute Gasteiger partial charge is 0.407 e. The van der Waals surface area contributed by atoms with Gasteiger partial charge in [-0.2, -0.15) is 0 Å². The van der Waals surface area contributed by atoms with Crippen LogP contribution in [-0.4, -0.2) is 30.8 Å². The van der Waals surface area contributed by atoms with Gasteiger partial charge in [0.25, 0.3) is 0 Å². The third kappa shape index (κ3) is 8.62. The van der Waals surface area contributed by atoms with Crippen molar-refractivity contribution < 1.29 is 13.9 Å². The van der Waals surface area contributed by atoms with Gasteiger partial charge in [-0.15, -0.1) is 0 Å². The van der Waals surface area contributed by atoms with E-state index in [4.69, 9.17) is 4.74 Å². The van der Waals surface area contributed by atoms with E-state index in [-0.39, 0.29) is 18.0 Å². The van der Waals surface area contributed by atoms with Crippen molar-refractivity contribution in [1.29, 1.82) is 0 Å². The fraction of sp³-hybridized carbons (Fsp3) is 0.588. The highest BCUT2D eigenvalue weighted by atomic mass is 19.1. The number of nitrogens with one attached hydrogen (secondary N) is 2. The van der Waals surface area contributed by atoms with Crippen molar-refractivity contribution in [3.8, 4) is 0 Å². The van der Waals surface area contributed by atoms with Crippen molar-refractivity contribution in [2.24, 2.45) is 0 Å². The minimum Gasteiger partial charge on any atom is -0.444 e. The third-order valence-electron chi connectivity index (χ3n) is 2.95. The molecule has 4 nitrogen and oxygen atoms in total. The first-order valence-corrected chi connectivity index (χ1v) is 7.71. The van der Waals surface area contributed by atoms with E-state index in [1.807, 2.05) is 26.8 Å². The van der Waals surface area contributed by atoms with Crippen LogP contribution in [0.4, 0.5) is 9.18 Å². The SMILES string of the molecule is CC(Cc1cccc(F)c1)NCCCNC(=O)OC(C)(C)C. The second-order valence-electron chi connectivity index (χ2n) is 6.47. The van der Waals surface area contributed by atoms with E-state index in [0.29, 0.717) is 6.54 Å². The number of alkyl carbamates (subject to hydrolysis) is 1. The molecule has 0 fully saturated rings. The quantitative estimate of drug-likeness (QED) is 0.760. The highest BCUT2D eigenvalue weighted by Gasteiger charge is 2.15. The lowest BCUT2D eigenvalue weighted by molar-refractivity contribution is 0.0527. The average Bonchev–Trinajstić information content (AvgIpc) is 2.36. The molecule has 0 saturated heterocycles. The molecule has 0 spiro atoms. The normalized spacial score (nSPS) is 12.8. The molecule has 1 rings (SSSR count). The number of hydrogen-bond donors (Lipinski definition) is 2. The Balaban J connectivity index is 2.13. The van der Waals surface area contributed by atoms with Gasteiger partial charge in [-0.1, -0.05) is 12.1 Å². The van der Waals surface area contributed by atoms with E-state index in [1.54, 1.807) is 12.1 Å². The number of carbonyl (C=O) groups is 1. The summed E-state index contributed by atoms with van der Waals surface area (Å²) in [5.74, 6) is -0.203. The maximum absolute atomic E-state index is 13.1. The van der Waals surface area contributed by atoms with Crippen molar-refractivity contribution >= 4 is 6.09 Å². The summed E-state index contributed by atoms with van der Waals surface area (Å²) in [6.45, 7) is 8.92. The zero-order chi connectivity index (χ0) is 16.6. The summed E-state index contributed by atoms with van der Waals surface area (Å²) in [7, 11) is 0. The number of halogens is 1. The van der Waals surface area contributed by atoms with Gasteiger partial charge in [-0.3, -0.25) is 0 Å². The third-order valence-corrected chi connectivity index (χ3v) is 2.95. The second-order valence-corrected chi connectivity index (χ2v) is 6.47. The Kier molecular flexibility index (Phi) is 7.32. The molecule has 0 radical (unpaired) electrons. The maximum atomic E-state index is 13.1. The van der Waals surface area contributed by atoms with E-state index in [2.05, 4.69) is 17.6 Å². The molecule has 0 heterocycles. The summed E-state index contributed by atoms with van der Waals surface area (Å²) in [6, 6.07) is 6.91. The second kappa shape index (κ2) is 8.73. The van der Waals surface area contributed by atoms with E-state index < -0.39 is 5.60 Å². The fourth-order valence-electron chi connectivity index (χ4n) is 2.03. The van der Waals surface area contributed by atoms with Crippen LogP contribution in [0.25, 0.3) is 0 Å². The van der Waals surface area contributed by atoms with Gasteiger partial charge < -0.3 is 15.4 Å². The zero-order valence-corrected chi connectivity index (χ0v) is 13.9. The predicted octanol–water partition coefficient (Wildman–Crippen LogP) is 3.26. The van der Waals surface area contributed by atoms with Crippen LogP contribution >= 0.6 is 0 Å². The Labute approximate surface area is 132 Å². The largest absolute Gasteiger partial charge is 0.444 e. The summed E-state index contributed by atoms with van der Waals surface area (Å²) in [5.41, 5.74) is 0.508. The number of amides is 1. The molecule has 22 heavy (non-hydrogen) atoms. The van der Waals surface area contributed by atoms with Crippen molar-refractivity contribution in [3.63, 3.8) is 0 Å². The maximum Gasteiger partial charge on any atom is 0.407 e. The highest BCUT2D eigenvalue weighted by molar-refractivity contribution is 5.67. The average molecular weight is 310 g/mol. The van der Waals surface area contributed by atoms with Crippen molar-refractivity contribution in [1.82, 2.24) is 10.6 Å². The molecule has 1 aromatic rings. The first kappa shape index (κ1) is 18.4. The first-order chi connectivity index (χ1) is 10.3. The lowest BCUT2D eigenvalue weighted by Crippen LogP contribution is -2.35. The molecule has 0 aliphatic heterocycles. The van der Waals surface area contributed by atoms with Crippen LogP contribution in [0, 0.1) is 5.82 Å². The van der Waals surface area contributed by atoms with Crippen molar-refractivity contribution in [3.05, 3.63) is 35.6 Å². The van der Waals surface area contributed by atoms with Gasteiger partial charge in [0, 0.05) is 12.6 Å². The first-order valence-electron chi connectivity index (χ1n) is 7.71. The summed E-state index contributed by atoms with van der Waals surface area (Å²) in [4.78, 5) is 11.4. The molecular formula is C17H27FN2O2. The van der Waals surface area contributed by atoms with Crippen LogP contribution < -0.4 is 10.6 Å². The fourth-order valence-corrected chi connectivity index (χ4v) is 2.03. The number of ether oxygens (including phenoxy) is 1. The van der Waals surface area contributed by atoms with Gasteiger partial charge in [-0.05, 0) is 64.8 Å². The summed E-state index contributed by atoms with van der Waals surface area (Å²) in [5, 5.41) is 6.08. The molecule has 124 valence electrons. The lowest BCUT2D eigenvalue weighted by atomic mass is 10.1. The minimum atomic E-state index is -0.470. The van der Waals surface area contributed by atoms with Crippen LogP contribution in [0.5, 0.6) is 0 Å². The summed E-state index contributed by atoms with van der Waals surface area (Å²) in [6.07, 6.45) is 1.20. The van der Waals surface area contributed by atoms with E-state index in [1.165, 1.54) is 6.07 Å². The monoisotopic (exact) mass is 310 g/mol. The number of rotatable bonds is 7. The van der Waals surface area contributed by atoms with Crippen molar-refractivity contribution in [2.45, 2.75) is 52.2 Å².